The van der Waals surface area contributed by atoms with Crippen molar-refractivity contribution in [2.24, 2.45) is 35.5 Å². The summed E-state index contributed by atoms with van der Waals surface area (Å²) in [6, 6.07) is -11.5. The van der Waals surface area contributed by atoms with E-state index in [0.717, 1.165) is 29.4 Å². The summed E-state index contributed by atoms with van der Waals surface area (Å²) < 4.78 is 121. The number of hydrogen-bond donors (Lipinski definition) is 3. The molecule has 0 aromatic rings. The average molecular weight is 1520 g/mol. The van der Waals surface area contributed by atoms with Crippen LogP contribution in [0.25, 0.3) is 0 Å². The predicted molar refractivity (Wildman–Crippen MR) is 374 cm³/mol. The van der Waals surface area contributed by atoms with Gasteiger partial charge in [-0.05, 0) is 127 Å². The fourth-order valence-electron chi connectivity index (χ4n) is 16.2. The quantitative estimate of drug-likeness (QED) is 0.134. The van der Waals surface area contributed by atoms with Crippen molar-refractivity contribution in [2.75, 3.05) is 89.2 Å². The monoisotopic (exact) mass is 1520 g/mol. The van der Waals surface area contributed by atoms with Crippen molar-refractivity contribution in [3.8, 4) is 0 Å². The summed E-state index contributed by atoms with van der Waals surface area (Å²) in [6.45, 7) is 8.40. The Hall–Kier alpha value is -7.22. The third-order valence-electron chi connectivity index (χ3n) is 23.2. The van der Waals surface area contributed by atoms with E-state index in [1.165, 1.54) is 71.1 Å². The van der Waals surface area contributed by atoms with E-state index >= 15 is 37.5 Å². The number of nitrogens with zero attached hydrogens (tertiary/aromatic N) is 9. The molecule has 3 aliphatic heterocycles. The van der Waals surface area contributed by atoms with Crippen LogP contribution in [0.5, 0.6) is 0 Å². The van der Waals surface area contributed by atoms with E-state index in [4.69, 9.17) is 4.74 Å². The molecule has 106 heavy (non-hydrogen) atoms. The van der Waals surface area contributed by atoms with Gasteiger partial charge in [-0.1, -0.05) is 66.0 Å². The summed E-state index contributed by atoms with van der Waals surface area (Å²) in [5, 5.41) is 8.31. The third kappa shape index (κ3) is 21.0. The van der Waals surface area contributed by atoms with Gasteiger partial charge in [0, 0.05) is 82.5 Å². The predicted octanol–water partition coefficient (Wildman–Crippen LogP) is 5.96. The molecule has 0 aromatic heterocycles. The van der Waals surface area contributed by atoms with Gasteiger partial charge in [-0.3, -0.25) is 57.5 Å². The highest BCUT2D eigenvalue weighted by Crippen LogP contribution is 2.45. The lowest BCUT2D eigenvalue weighted by Gasteiger charge is -2.47. The minimum atomic E-state index is -5.22. The first-order valence-electron chi connectivity index (χ1n) is 37.6. The van der Waals surface area contributed by atoms with E-state index in [9.17, 15) is 55.1 Å². The summed E-state index contributed by atoms with van der Waals surface area (Å²) in [7, 11) is 10.7. The second-order valence-electron chi connectivity index (χ2n) is 30.5. The van der Waals surface area contributed by atoms with Gasteiger partial charge in [-0.15, -0.1) is 0 Å². The first kappa shape index (κ1) is 87.7. The molecular formula is C73H114F8N12O13. The largest absolute Gasteiger partial charge is 0.397 e. The number of likely N-dealkylation sites (N-methyl/N-ethyl adjacent to an activating group) is 7. The number of fused-ring (bicyclic) bond motifs is 3. The van der Waals surface area contributed by atoms with Crippen LogP contribution in [0.15, 0.2) is 12.2 Å². The zero-order chi connectivity index (χ0) is 79.4. The van der Waals surface area contributed by atoms with Gasteiger partial charge in [-0.25, -0.2) is 8.78 Å². The van der Waals surface area contributed by atoms with E-state index in [-0.39, 0.29) is 96.7 Å². The molecule has 3 heterocycles. The smallest absolute Gasteiger partial charge is 0.377 e. The molecule has 0 aromatic carbocycles. The van der Waals surface area contributed by atoms with Crippen LogP contribution >= 0.6 is 0 Å². The molecule has 12 atom stereocenters. The number of ether oxygens (including phenoxy) is 1. The fraction of sp³-hybridized carbons (Fsp3) is 0.808. The number of hydrogen-bond acceptors (Lipinski definition) is 13. The van der Waals surface area contributed by atoms with E-state index in [0.29, 0.717) is 25.7 Å². The summed E-state index contributed by atoms with van der Waals surface area (Å²) in [4.78, 5) is 190. The maximum atomic E-state index is 15.5. The maximum absolute atomic E-state index is 15.5. The Balaban J connectivity index is 1.48. The minimum Gasteiger partial charge on any atom is -0.377 e. The number of nitrogens with one attached hydrogen (secondary N) is 3. The van der Waals surface area contributed by atoms with E-state index < -0.39 is 230 Å². The SMILES string of the molecule is CCO[C@@H]1C[C@H]2C(=O)NC3(CCC3)C(=O)N(C)[C@@H](C(CC)CC)C(=O)N(C)[C@H](C(=O)N(C)C)CC(=O)N(C)[C@@H](CC)C(=O)N[C@@H]([C@@H](C)CC)C(=O)N(C)CC(=O)N(C)[C@H]3C/C=C\CCN(C3=O)[C@@H](CC3CCC(C(F)(F)F)CC3)C(=O)N(C)CC(=O)N[C@@H](CCC3CC(F)C(C(F)(F)F)C(F)C3)C(=O)N2C1. The lowest BCUT2D eigenvalue weighted by atomic mass is 9.74. The topological polar surface area (TPSA) is 279 Å². The number of rotatable bonds is 14. The van der Waals surface area contributed by atoms with Crippen LogP contribution in [0.4, 0.5) is 35.1 Å². The Kier molecular flexibility index (Phi) is 31.2. The van der Waals surface area contributed by atoms with Crippen LogP contribution in [0.1, 0.15) is 170 Å². The first-order valence-corrected chi connectivity index (χ1v) is 37.6. The molecule has 3 N–H and O–H groups in total. The molecule has 1 spiro atoms. The second-order valence-corrected chi connectivity index (χ2v) is 30.5. The standard InChI is InChI=1S/C73H114F8N12O13/c1-15-42(6)60-68(103)87(10)41-58(96)89(12)52-24-21-20-22-33-92(67(52)102)55(36-43-25-28-46(29-26-43)72(76,77)78)66(101)86(9)40-56(94)82-50(30-27-44-34-48(74)59(49(75)35-44)73(79,80)81)64(99)93-39-47(106-19-5)37-53(93)63(98)84-71(31-23-32-71)70(105)91(14)61(45(16-2)17-3)69(104)90(13)54(65(100)85(7)8)38-57(95)88(11)51(18-4)62(97)83-60/h20-21,42-55,59-61H,15-19,22-41H2,1-14H3,(H,82,94)(H,83,97)(H,84,98)/b21-20-/t42-,43?,44?,46?,47+,48?,49?,50-,51-,52-,53-,54-,55-,59?,60-,61-/m0/s1. The highest BCUT2D eigenvalue weighted by molar-refractivity contribution is 6.01. The van der Waals surface area contributed by atoms with Crippen LogP contribution in [-0.2, 0) is 62.3 Å². The lowest BCUT2D eigenvalue weighted by molar-refractivity contribution is -0.219. The van der Waals surface area contributed by atoms with Crippen molar-refractivity contribution < 1.29 is 97.4 Å². The van der Waals surface area contributed by atoms with Gasteiger partial charge in [0.15, 0.2) is 0 Å². The zero-order valence-electron chi connectivity index (χ0n) is 64.0. The van der Waals surface area contributed by atoms with E-state index in [1.54, 1.807) is 53.7 Å². The molecule has 12 amide bonds. The molecule has 6 rings (SSSR count). The second kappa shape index (κ2) is 37.7. The summed E-state index contributed by atoms with van der Waals surface area (Å²) >= 11 is 0. The molecule has 25 nitrogen and oxygen atoms in total. The fourth-order valence-corrected chi connectivity index (χ4v) is 16.2. The Bertz CT molecular complexity index is 3140. The Morgan fingerprint density at radius 2 is 1.25 bits per heavy atom. The number of carbonyl (C=O) groups is 12. The summed E-state index contributed by atoms with van der Waals surface area (Å²) in [5.74, 6) is -17.1. The van der Waals surface area contributed by atoms with Gasteiger partial charge in [-0.2, -0.15) is 26.3 Å². The van der Waals surface area contributed by atoms with E-state index in [2.05, 4.69) is 16.0 Å². The molecule has 33 heteroatoms. The normalized spacial score (nSPS) is 31.4. The van der Waals surface area contributed by atoms with Crippen LogP contribution in [0.2, 0.25) is 0 Å². The summed E-state index contributed by atoms with van der Waals surface area (Å²) in [6.07, 6.45) is -15.0. The number of carbonyl (C=O) groups excluding carboxylic acids is 12. The molecule has 2 bridgehead atoms. The summed E-state index contributed by atoms with van der Waals surface area (Å²) in [5.41, 5.74) is -1.71. The molecule has 600 valence electrons. The minimum absolute atomic E-state index is 0.00643. The molecule has 0 radical (unpaired) electrons. The van der Waals surface area contributed by atoms with Crippen molar-refractivity contribution in [1.29, 1.82) is 0 Å². The molecule has 2 saturated heterocycles. The molecule has 3 aliphatic carbocycles. The highest BCUT2D eigenvalue weighted by Gasteiger charge is 2.56. The van der Waals surface area contributed by atoms with Crippen LogP contribution < -0.4 is 16.0 Å². The van der Waals surface area contributed by atoms with Gasteiger partial charge >= 0.3 is 12.4 Å². The van der Waals surface area contributed by atoms with Gasteiger partial charge in [0.25, 0.3) is 0 Å². The van der Waals surface area contributed by atoms with Crippen molar-refractivity contribution in [3.05, 3.63) is 12.2 Å². The first-order chi connectivity index (χ1) is 49.6. The number of halogens is 8. The molecule has 5 fully saturated rings. The van der Waals surface area contributed by atoms with Crippen LogP contribution in [-0.4, -0.2) is 289 Å². The van der Waals surface area contributed by atoms with Crippen molar-refractivity contribution in [1.82, 2.24) is 60.0 Å². The van der Waals surface area contributed by atoms with Gasteiger partial charge in [0.1, 0.15) is 72.1 Å². The van der Waals surface area contributed by atoms with Crippen molar-refractivity contribution in [2.45, 2.75) is 255 Å². The molecule has 2 unspecified atom stereocenters. The van der Waals surface area contributed by atoms with Gasteiger partial charge < -0.3 is 64.8 Å². The zero-order valence-corrected chi connectivity index (χ0v) is 64.0. The van der Waals surface area contributed by atoms with Crippen molar-refractivity contribution in [3.63, 3.8) is 0 Å². The number of amides is 12. The van der Waals surface area contributed by atoms with E-state index in [1.807, 2.05) is 0 Å². The van der Waals surface area contributed by atoms with Crippen LogP contribution in [0, 0.1) is 35.5 Å². The maximum Gasteiger partial charge on any atom is 0.397 e. The van der Waals surface area contributed by atoms with Gasteiger partial charge in [0.2, 0.25) is 70.9 Å². The lowest BCUT2D eigenvalue weighted by Crippen LogP contribution is -2.68. The Morgan fingerprint density at radius 3 is 1.79 bits per heavy atom. The van der Waals surface area contributed by atoms with Gasteiger partial charge in [0.05, 0.1) is 31.5 Å². The number of alkyl halides is 8. The van der Waals surface area contributed by atoms with Crippen molar-refractivity contribution >= 4 is 70.9 Å². The Labute approximate surface area is 617 Å². The molecular weight excluding hydrogens is 1400 g/mol. The highest BCUT2D eigenvalue weighted by atomic mass is 19.4. The molecule has 6 aliphatic rings. The molecule has 3 saturated carbocycles. The van der Waals surface area contributed by atoms with Crippen LogP contribution in [0.3, 0.4) is 0 Å². The Morgan fingerprint density at radius 1 is 0.642 bits per heavy atom. The average Bonchev–Trinajstić information content (AvgIpc) is 1.55. The third-order valence-corrected chi connectivity index (χ3v) is 23.2.